The van der Waals surface area contributed by atoms with Crippen LogP contribution in [-0.4, -0.2) is 15.0 Å². The van der Waals surface area contributed by atoms with Crippen LogP contribution in [0.4, 0.5) is 0 Å². The number of hydrogen-bond acceptors (Lipinski definition) is 4. The molecule has 3 aromatic heterocycles. The van der Waals surface area contributed by atoms with Crippen molar-refractivity contribution in [3.8, 4) is 56.3 Å². The van der Waals surface area contributed by atoms with Crippen LogP contribution in [-0.2, 0) is 0 Å². The third-order valence-corrected chi connectivity index (χ3v) is 11.4. The van der Waals surface area contributed by atoms with E-state index >= 15 is 0 Å². The van der Waals surface area contributed by atoms with E-state index in [1.165, 1.54) is 5.39 Å². The summed E-state index contributed by atoms with van der Waals surface area (Å²) in [7, 11) is 0. The summed E-state index contributed by atoms with van der Waals surface area (Å²) in [5.41, 5.74) is 12.3. The van der Waals surface area contributed by atoms with Crippen LogP contribution >= 0.6 is 0 Å². The largest absolute Gasteiger partial charge is 0.455 e. The second-order valence-corrected chi connectivity index (χ2v) is 15.0. The van der Waals surface area contributed by atoms with Gasteiger partial charge in [-0.3, -0.25) is 0 Å². The van der Waals surface area contributed by atoms with Crippen LogP contribution in [0.2, 0.25) is 0 Å². The van der Waals surface area contributed by atoms with Crippen LogP contribution in [0.15, 0.2) is 205 Å². The summed E-state index contributed by atoms with van der Waals surface area (Å²) >= 11 is 0. The number of allylic oxidation sites excluding steroid dienone is 3. The Balaban J connectivity index is 1.17. The number of fused-ring (bicyclic) bond motifs is 8. The zero-order chi connectivity index (χ0) is 40.0. The van der Waals surface area contributed by atoms with E-state index in [0.717, 1.165) is 105 Å². The van der Waals surface area contributed by atoms with Crippen molar-refractivity contribution in [3.63, 3.8) is 0 Å². The number of benzene rings is 8. The lowest BCUT2D eigenvalue weighted by atomic mass is 9.91. The van der Waals surface area contributed by atoms with E-state index in [2.05, 4.69) is 170 Å². The molecule has 0 aliphatic carbocycles. The lowest BCUT2D eigenvalue weighted by Gasteiger charge is -2.18. The molecule has 4 heteroatoms. The summed E-state index contributed by atoms with van der Waals surface area (Å²) in [6.45, 7) is 2.03. The zero-order valence-electron chi connectivity index (χ0n) is 32.9. The molecule has 0 unspecified atom stereocenters. The molecule has 0 fully saturated rings. The Labute approximate surface area is 347 Å². The number of rotatable bonds is 7. The highest BCUT2D eigenvalue weighted by molar-refractivity contribution is 6.24. The highest BCUT2D eigenvalue weighted by Crippen LogP contribution is 2.44. The Kier molecular flexibility index (Phi) is 8.67. The van der Waals surface area contributed by atoms with Crippen molar-refractivity contribution in [3.05, 3.63) is 206 Å². The van der Waals surface area contributed by atoms with E-state index in [9.17, 15) is 0 Å². The van der Waals surface area contributed by atoms with Crippen LogP contribution in [0.1, 0.15) is 12.5 Å². The van der Waals surface area contributed by atoms with E-state index < -0.39 is 0 Å². The molecule has 282 valence electrons. The van der Waals surface area contributed by atoms with Gasteiger partial charge in [0.25, 0.3) is 0 Å². The number of nitrogens with zero attached hydrogens (tertiary/aromatic N) is 3. The SMILES string of the molecule is C/C=C\C=C/c1cc(-c2nc(-c3ccccc3)c(-c3cccc(-c4nc5ccccc5c5c4ccc4c6ccccc6oc45)c3)c(-c3ccccc3)n2)cc2ccccc12. The molecule has 11 aromatic rings. The maximum Gasteiger partial charge on any atom is 0.160 e. The number of hydrogen-bond donors (Lipinski definition) is 0. The molecule has 0 saturated carbocycles. The van der Waals surface area contributed by atoms with Crippen molar-refractivity contribution in [2.24, 2.45) is 0 Å². The van der Waals surface area contributed by atoms with E-state index in [0.29, 0.717) is 5.82 Å². The summed E-state index contributed by atoms with van der Waals surface area (Å²) < 4.78 is 6.64. The van der Waals surface area contributed by atoms with E-state index in [1.54, 1.807) is 0 Å². The average molecular weight is 768 g/mol. The van der Waals surface area contributed by atoms with E-state index in [1.807, 2.05) is 43.3 Å². The second-order valence-electron chi connectivity index (χ2n) is 15.0. The lowest BCUT2D eigenvalue weighted by Crippen LogP contribution is -2.01. The minimum Gasteiger partial charge on any atom is -0.455 e. The van der Waals surface area contributed by atoms with Gasteiger partial charge in [-0.1, -0.05) is 170 Å². The Morgan fingerprint density at radius 3 is 1.83 bits per heavy atom. The lowest BCUT2D eigenvalue weighted by molar-refractivity contribution is 0.673. The van der Waals surface area contributed by atoms with E-state index in [-0.39, 0.29) is 0 Å². The molecule has 0 N–H and O–H groups in total. The minimum atomic E-state index is 0.663. The predicted octanol–water partition coefficient (Wildman–Crippen LogP) is 15.2. The van der Waals surface area contributed by atoms with Crippen molar-refractivity contribution >= 4 is 60.5 Å². The third kappa shape index (κ3) is 6.05. The quantitative estimate of drug-likeness (QED) is 0.120. The van der Waals surface area contributed by atoms with Crippen LogP contribution in [0.5, 0.6) is 0 Å². The Bertz CT molecular complexity index is 3430. The standard InChI is InChI=1S/C56H37N3O/c1-2-3-6-22-38-33-42(34-39-23-11-12-26-43(38)39)56-58-53(36-18-7-4-8-19-36)50(54(59-56)37-20-9-5-10-21-37)40-24-17-25-41(35-40)52-47-32-31-45-44-27-14-16-30-49(44)60-55(45)51(47)46-28-13-15-29-48(46)57-52/h2-35H,1H3/b3-2-,22-6-. The molecular formula is C56H37N3O. The van der Waals surface area contributed by atoms with Gasteiger partial charge in [0.2, 0.25) is 0 Å². The topological polar surface area (TPSA) is 51.8 Å². The van der Waals surface area contributed by atoms with Gasteiger partial charge in [-0.05, 0) is 65.2 Å². The van der Waals surface area contributed by atoms with Gasteiger partial charge in [-0.2, -0.15) is 0 Å². The molecule has 3 heterocycles. The van der Waals surface area contributed by atoms with Gasteiger partial charge < -0.3 is 4.42 Å². The first-order valence-electron chi connectivity index (χ1n) is 20.3. The molecule has 0 spiro atoms. The summed E-state index contributed by atoms with van der Waals surface area (Å²) in [5.74, 6) is 0.663. The molecule has 0 amide bonds. The molecule has 0 aliphatic rings. The average Bonchev–Trinajstić information content (AvgIpc) is 3.70. The maximum atomic E-state index is 6.64. The molecule has 0 radical (unpaired) electrons. The van der Waals surface area contributed by atoms with Gasteiger partial charge in [0.15, 0.2) is 5.82 Å². The summed E-state index contributed by atoms with van der Waals surface area (Å²) in [5, 5.41) is 7.67. The Morgan fingerprint density at radius 2 is 1.07 bits per heavy atom. The molecule has 0 atom stereocenters. The van der Waals surface area contributed by atoms with Gasteiger partial charge in [0, 0.05) is 54.7 Å². The Morgan fingerprint density at radius 1 is 0.433 bits per heavy atom. The molecular weight excluding hydrogens is 731 g/mol. The third-order valence-electron chi connectivity index (χ3n) is 11.4. The summed E-state index contributed by atoms with van der Waals surface area (Å²) in [4.78, 5) is 16.3. The highest BCUT2D eigenvalue weighted by atomic mass is 16.3. The number of aromatic nitrogens is 3. The van der Waals surface area contributed by atoms with Crippen molar-refractivity contribution in [1.29, 1.82) is 0 Å². The fourth-order valence-electron chi connectivity index (χ4n) is 8.61. The fraction of sp³-hybridized carbons (Fsp3) is 0.0179. The summed E-state index contributed by atoms with van der Waals surface area (Å²) in [6, 6.07) is 63.5. The van der Waals surface area contributed by atoms with Gasteiger partial charge in [-0.15, -0.1) is 0 Å². The first kappa shape index (κ1) is 35.2. The molecule has 60 heavy (non-hydrogen) atoms. The fourth-order valence-corrected chi connectivity index (χ4v) is 8.61. The maximum absolute atomic E-state index is 6.64. The molecule has 8 aromatic carbocycles. The van der Waals surface area contributed by atoms with Crippen LogP contribution < -0.4 is 0 Å². The van der Waals surface area contributed by atoms with Gasteiger partial charge >= 0.3 is 0 Å². The number of para-hydroxylation sites is 2. The van der Waals surface area contributed by atoms with Crippen molar-refractivity contribution in [1.82, 2.24) is 15.0 Å². The van der Waals surface area contributed by atoms with Crippen LogP contribution in [0.25, 0.3) is 117 Å². The second kappa shape index (κ2) is 14.8. The predicted molar refractivity (Wildman–Crippen MR) is 251 cm³/mol. The number of pyridine rings is 1. The Hall–Kier alpha value is -7.95. The molecule has 0 saturated heterocycles. The van der Waals surface area contributed by atoms with Crippen molar-refractivity contribution in [2.75, 3.05) is 0 Å². The van der Waals surface area contributed by atoms with Crippen molar-refractivity contribution < 1.29 is 4.42 Å². The summed E-state index contributed by atoms with van der Waals surface area (Å²) in [6.07, 6.45) is 8.33. The molecule has 0 bridgehead atoms. The van der Waals surface area contributed by atoms with Crippen molar-refractivity contribution in [2.45, 2.75) is 6.92 Å². The van der Waals surface area contributed by atoms with Gasteiger partial charge in [0.1, 0.15) is 11.2 Å². The molecule has 0 aliphatic heterocycles. The van der Waals surface area contributed by atoms with Crippen LogP contribution in [0, 0.1) is 0 Å². The first-order valence-corrected chi connectivity index (χ1v) is 20.3. The normalized spacial score (nSPS) is 11.9. The van der Waals surface area contributed by atoms with Crippen LogP contribution in [0.3, 0.4) is 0 Å². The highest BCUT2D eigenvalue weighted by Gasteiger charge is 2.23. The van der Waals surface area contributed by atoms with Gasteiger partial charge in [0.05, 0.1) is 22.6 Å². The monoisotopic (exact) mass is 767 g/mol. The smallest absolute Gasteiger partial charge is 0.160 e. The molecule has 4 nitrogen and oxygen atoms in total. The molecule has 11 rings (SSSR count). The first-order chi connectivity index (χ1) is 29.7. The van der Waals surface area contributed by atoms with E-state index in [4.69, 9.17) is 19.4 Å². The zero-order valence-corrected chi connectivity index (χ0v) is 32.9. The van der Waals surface area contributed by atoms with Gasteiger partial charge in [-0.25, -0.2) is 15.0 Å². The number of furan rings is 1. The minimum absolute atomic E-state index is 0.663.